The van der Waals surface area contributed by atoms with Crippen molar-refractivity contribution >= 4 is 44.2 Å². The van der Waals surface area contributed by atoms with E-state index in [1.54, 1.807) is 4.90 Å². The topological polar surface area (TPSA) is 51.7 Å². The van der Waals surface area contributed by atoms with E-state index in [-0.39, 0.29) is 29.4 Å². The Kier molecular flexibility index (Phi) is 5.75. The van der Waals surface area contributed by atoms with Crippen LogP contribution in [-0.2, 0) is 9.53 Å². The van der Waals surface area contributed by atoms with E-state index in [1.165, 1.54) is 23.5 Å². The molecule has 2 aromatic carbocycles. The molecule has 1 aliphatic rings. The number of rotatable bonds is 6. The van der Waals surface area contributed by atoms with Crippen LogP contribution < -0.4 is 9.64 Å². The summed E-state index contributed by atoms with van der Waals surface area (Å²) in [6, 6.07) is 11.5. The number of carbonyl (C=O) groups excluding carboxylic acids is 1. The fraction of sp³-hybridized carbons (Fsp3) is 0.300. The molecule has 1 unspecified atom stereocenters. The molecular formula is C20H18ClFN2O3S. The van der Waals surface area contributed by atoms with Crippen molar-refractivity contribution < 1.29 is 18.7 Å². The molecule has 146 valence electrons. The number of carbonyl (C=O) groups is 1. The van der Waals surface area contributed by atoms with Gasteiger partial charge in [0.25, 0.3) is 5.91 Å². The molecule has 5 nitrogen and oxygen atoms in total. The van der Waals surface area contributed by atoms with Gasteiger partial charge in [0.1, 0.15) is 11.6 Å². The van der Waals surface area contributed by atoms with Gasteiger partial charge in [0.15, 0.2) is 11.7 Å². The third-order valence-electron chi connectivity index (χ3n) is 4.47. The van der Waals surface area contributed by atoms with Crippen molar-refractivity contribution in [2.45, 2.75) is 18.9 Å². The maximum atomic E-state index is 13.2. The lowest BCUT2D eigenvalue weighted by atomic mass is 10.2. The molecule has 28 heavy (non-hydrogen) atoms. The standard InChI is InChI=1S/C20H18ClFN2O3S/c21-15-10-13(22)7-8-17(15)27-12-19(25)24(11-14-4-3-9-26-14)20-23-16-5-1-2-6-18(16)28-20/h1-2,5-8,10,14H,3-4,9,11-12H2. The number of aromatic nitrogens is 1. The van der Waals surface area contributed by atoms with Crippen LogP contribution in [0.5, 0.6) is 5.75 Å². The number of amides is 1. The van der Waals surface area contributed by atoms with Gasteiger partial charge in [0, 0.05) is 6.61 Å². The second-order valence-electron chi connectivity index (χ2n) is 6.47. The average Bonchev–Trinajstić information content (AvgIpc) is 3.34. The van der Waals surface area contributed by atoms with Gasteiger partial charge in [-0.1, -0.05) is 35.1 Å². The minimum atomic E-state index is -0.460. The Morgan fingerprint density at radius 2 is 2.21 bits per heavy atom. The van der Waals surface area contributed by atoms with Crippen LogP contribution in [0.15, 0.2) is 42.5 Å². The first-order chi connectivity index (χ1) is 13.6. The normalized spacial score (nSPS) is 16.4. The molecule has 0 radical (unpaired) electrons. The Morgan fingerprint density at radius 3 is 2.96 bits per heavy atom. The van der Waals surface area contributed by atoms with E-state index in [4.69, 9.17) is 21.1 Å². The number of thiazole rings is 1. The monoisotopic (exact) mass is 420 g/mol. The molecule has 8 heteroatoms. The number of benzene rings is 2. The Hall–Kier alpha value is -2.22. The lowest BCUT2D eigenvalue weighted by Crippen LogP contribution is -2.40. The van der Waals surface area contributed by atoms with Gasteiger partial charge in [-0.2, -0.15) is 0 Å². The largest absolute Gasteiger partial charge is 0.482 e. The quantitative estimate of drug-likeness (QED) is 0.581. The molecule has 0 saturated carbocycles. The van der Waals surface area contributed by atoms with Crippen molar-refractivity contribution in [2.24, 2.45) is 0 Å². The van der Waals surface area contributed by atoms with Gasteiger partial charge >= 0.3 is 0 Å². The van der Waals surface area contributed by atoms with Crippen LogP contribution in [0, 0.1) is 5.82 Å². The predicted molar refractivity (Wildman–Crippen MR) is 108 cm³/mol. The summed E-state index contributed by atoms with van der Waals surface area (Å²) in [7, 11) is 0. The van der Waals surface area contributed by atoms with E-state index >= 15 is 0 Å². The van der Waals surface area contributed by atoms with E-state index in [1.807, 2.05) is 24.3 Å². The molecule has 2 heterocycles. The Morgan fingerprint density at radius 1 is 1.36 bits per heavy atom. The summed E-state index contributed by atoms with van der Waals surface area (Å²) >= 11 is 7.43. The number of halogens is 2. The van der Waals surface area contributed by atoms with Crippen molar-refractivity contribution in [1.29, 1.82) is 0 Å². The maximum absolute atomic E-state index is 13.2. The molecule has 4 rings (SSSR count). The highest BCUT2D eigenvalue weighted by atomic mass is 35.5. The van der Waals surface area contributed by atoms with Gasteiger partial charge in [-0.05, 0) is 43.2 Å². The van der Waals surface area contributed by atoms with Crippen molar-refractivity contribution in [3.05, 3.63) is 53.3 Å². The van der Waals surface area contributed by atoms with Crippen LogP contribution in [0.1, 0.15) is 12.8 Å². The molecule has 1 amide bonds. The lowest BCUT2D eigenvalue weighted by Gasteiger charge is -2.23. The first-order valence-corrected chi connectivity index (χ1v) is 10.1. The Balaban J connectivity index is 1.54. The van der Waals surface area contributed by atoms with E-state index < -0.39 is 5.82 Å². The predicted octanol–water partition coefficient (Wildman–Crippen LogP) is 4.68. The number of hydrogen-bond acceptors (Lipinski definition) is 5. The second kappa shape index (κ2) is 8.43. The van der Waals surface area contributed by atoms with Gasteiger partial charge < -0.3 is 9.47 Å². The summed E-state index contributed by atoms with van der Waals surface area (Å²) in [5.74, 6) is -0.453. The molecule has 1 aliphatic heterocycles. The van der Waals surface area contributed by atoms with Gasteiger partial charge in [-0.25, -0.2) is 9.37 Å². The Labute approximate surface area is 170 Å². The van der Waals surface area contributed by atoms with Crippen molar-refractivity contribution in [3.8, 4) is 5.75 Å². The first-order valence-electron chi connectivity index (χ1n) is 8.95. The molecule has 1 atom stereocenters. The average molecular weight is 421 g/mol. The third-order valence-corrected chi connectivity index (χ3v) is 5.82. The molecular weight excluding hydrogens is 403 g/mol. The second-order valence-corrected chi connectivity index (χ2v) is 7.88. The molecule has 0 aliphatic carbocycles. The summed E-state index contributed by atoms with van der Waals surface area (Å²) in [5, 5.41) is 0.731. The van der Waals surface area contributed by atoms with Crippen molar-refractivity contribution in [2.75, 3.05) is 24.7 Å². The maximum Gasteiger partial charge on any atom is 0.266 e. The zero-order valence-electron chi connectivity index (χ0n) is 14.9. The highest BCUT2D eigenvalue weighted by Crippen LogP contribution is 2.30. The molecule has 0 N–H and O–H groups in total. The minimum absolute atomic E-state index is 0.0228. The first kappa shape index (κ1) is 19.1. The van der Waals surface area contributed by atoms with Crippen LogP contribution in [-0.4, -0.2) is 36.8 Å². The van der Waals surface area contributed by atoms with Crippen LogP contribution in [0.2, 0.25) is 5.02 Å². The number of fused-ring (bicyclic) bond motifs is 1. The Bertz CT molecular complexity index is 957. The minimum Gasteiger partial charge on any atom is -0.482 e. The van der Waals surface area contributed by atoms with E-state index in [2.05, 4.69) is 4.98 Å². The van der Waals surface area contributed by atoms with Crippen LogP contribution in [0.4, 0.5) is 9.52 Å². The number of nitrogens with zero attached hydrogens (tertiary/aromatic N) is 2. The molecule has 3 aromatic rings. The van der Waals surface area contributed by atoms with E-state index in [9.17, 15) is 9.18 Å². The van der Waals surface area contributed by atoms with Crippen LogP contribution in [0.25, 0.3) is 10.2 Å². The van der Waals surface area contributed by atoms with Gasteiger partial charge in [-0.3, -0.25) is 9.69 Å². The highest BCUT2D eigenvalue weighted by Gasteiger charge is 2.26. The van der Waals surface area contributed by atoms with Crippen LogP contribution in [0.3, 0.4) is 0 Å². The molecule has 1 saturated heterocycles. The zero-order valence-corrected chi connectivity index (χ0v) is 16.5. The molecule has 0 spiro atoms. The molecule has 1 aromatic heterocycles. The fourth-order valence-electron chi connectivity index (χ4n) is 3.06. The summed E-state index contributed by atoms with van der Waals surface area (Å²) in [5.41, 5.74) is 0.843. The van der Waals surface area contributed by atoms with E-state index in [0.717, 1.165) is 29.1 Å². The van der Waals surface area contributed by atoms with Gasteiger partial charge in [-0.15, -0.1) is 0 Å². The van der Waals surface area contributed by atoms with Gasteiger partial charge in [0.2, 0.25) is 0 Å². The summed E-state index contributed by atoms with van der Waals surface area (Å²) in [6.07, 6.45) is 1.86. The molecule has 0 bridgehead atoms. The number of para-hydroxylation sites is 1. The third kappa shape index (κ3) is 4.27. The van der Waals surface area contributed by atoms with Gasteiger partial charge in [0.05, 0.1) is 27.9 Å². The SMILES string of the molecule is O=C(COc1ccc(F)cc1Cl)N(CC1CCCO1)c1nc2ccccc2s1. The van der Waals surface area contributed by atoms with Crippen molar-refractivity contribution in [1.82, 2.24) is 4.98 Å². The number of anilines is 1. The lowest BCUT2D eigenvalue weighted by molar-refractivity contribution is -0.120. The smallest absolute Gasteiger partial charge is 0.266 e. The summed E-state index contributed by atoms with van der Waals surface area (Å²) in [4.78, 5) is 19.2. The summed E-state index contributed by atoms with van der Waals surface area (Å²) in [6.45, 7) is 0.890. The zero-order chi connectivity index (χ0) is 19.5. The fourth-order valence-corrected chi connectivity index (χ4v) is 4.28. The molecule has 1 fully saturated rings. The number of ether oxygens (including phenoxy) is 2. The van der Waals surface area contributed by atoms with Crippen molar-refractivity contribution in [3.63, 3.8) is 0 Å². The highest BCUT2D eigenvalue weighted by molar-refractivity contribution is 7.22. The summed E-state index contributed by atoms with van der Waals surface area (Å²) < 4.78 is 25.4. The van der Waals surface area contributed by atoms with Crippen LogP contribution >= 0.6 is 22.9 Å². The number of hydrogen-bond donors (Lipinski definition) is 0. The van der Waals surface area contributed by atoms with E-state index in [0.29, 0.717) is 18.3 Å².